The molecule has 16 heavy (non-hydrogen) atoms. The molecule has 1 heterocycles. The van der Waals surface area contributed by atoms with Crippen molar-refractivity contribution in [2.24, 2.45) is 5.73 Å². The van der Waals surface area contributed by atoms with Crippen LogP contribution < -0.4 is 10.6 Å². The SMILES string of the molecule is CCN(CCN)c1ncc2ccccc2n1. The van der Waals surface area contributed by atoms with Gasteiger partial charge in [0.1, 0.15) is 0 Å². The maximum absolute atomic E-state index is 5.56. The van der Waals surface area contributed by atoms with E-state index in [4.69, 9.17) is 5.73 Å². The number of aromatic nitrogens is 2. The first-order chi connectivity index (χ1) is 7.85. The smallest absolute Gasteiger partial charge is 0.225 e. The first kappa shape index (κ1) is 10.8. The molecule has 0 unspecified atom stereocenters. The lowest BCUT2D eigenvalue weighted by Crippen LogP contribution is -2.30. The van der Waals surface area contributed by atoms with Crippen LogP contribution in [0.1, 0.15) is 6.92 Å². The highest BCUT2D eigenvalue weighted by Gasteiger charge is 2.06. The van der Waals surface area contributed by atoms with E-state index < -0.39 is 0 Å². The molecule has 1 aromatic heterocycles. The van der Waals surface area contributed by atoms with Gasteiger partial charge in [-0.2, -0.15) is 0 Å². The molecule has 0 spiro atoms. The summed E-state index contributed by atoms with van der Waals surface area (Å²) in [6.07, 6.45) is 1.86. The normalized spacial score (nSPS) is 10.6. The quantitative estimate of drug-likeness (QED) is 0.839. The zero-order chi connectivity index (χ0) is 11.4. The maximum Gasteiger partial charge on any atom is 0.225 e. The summed E-state index contributed by atoms with van der Waals surface area (Å²) in [5, 5.41) is 1.06. The molecule has 84 valence electrons. The largest absolute Gasteiger partial charge is 0.340 e. The molecule has 0 aliphatic rings. The molecule has 4 heteroatoms. The van der Waals surface area contributed by atoms with Gasteiger partial charge >= 0.3 is 0 Å². The van der Waals surface area contributed by atoms with Crippen molar-refractivity contribution in [1.82, 2.24) is 9.97 Å². The van der Waals surface area contributed by atoms with E-state index in [1.807, 2.05) is 30.5 Å². The molecule has 1 aromatic carbocycles. The van der Waals surface area contributed by atoms with E-state index in [1.54, 1.807) is 0 Å². The highest BCUT2D eigenvalue weighted by molar-refractivity contribution is 5.78. The van der Waals surface area contributed by atoms with Gasteiger partial charge in [-0.1, -0.05) is 18.2 Å². The number of para-hydroxylation sites is 1. The summed E-state index contributed by atoms with van der Waals surface area (Å²) < 4.78 is 0. The second kappa shape index (κ2) is 4.90. The first-order valence-electron chi connectivity index (χ1n) is 5.52. The van der Waals surface area contributed by atoms with Crippen molar-refractivity contribution in [2.75, 3.05) is 24.5 Å². The van der Waals surface area contributed by atoms with E-state index >= 15 is 0 Å². The van der Waals surface area contributed by atoms with Crippen LogP contribution in [0, 0.1) is 0 Å². The lowest BCUT2D eigenvalue weighted by Gasteiger charge is -2.19. The summed E-state index contributed by atoms with van der Waals surface area (Å²) in [5.74, 6) is 0.756. The lowest BCUT2D eigenvalue weighted by atomic mass is 10.2. The van der Waals surface area contributed by atoms with E-state index in [-0.39, 0.29) is 0 Å². The van der Waals surface area contributed by atoms with Crippen molar-refractivity contribution in [2.45, 2.75) is 6.92 Å². The van der Waals surface area contributed by atoms with Crippen LogP contribution in [0.15, 0.2) is 30.5 Å². The summed E-state index contributed by atoms with van der Waals surface area (Å²) in [6.45, 7) is 4.35. The standard InChI is InChI=1S/C12H16N4/c1-2-16(8-7-13)12-14-9-10-5-3-4-6-11(10)15-12/h3-6,9H,2,7-8,13H2,1H3. The van der Waals surface area contributed by atoms with E-state index in [0.717, 1.165) is 29.9 Å². The Labute approximate surface area is 95.1 Å². The molecule has 0 saturated carbocycles. The highest BCUT2D eigenvalue weighted by Crippen LogP contribution is 2.14. The third kappa shape index (κ3) is 2.12. The Bertz CT molecular complexity index is 469. The first-order valence-corrected chi connectivity index (χ1v) is 5.52. The zero-order valence-corrected chi connectivity index (χ0v) is 9.43. The highest BCUT2D eigenvalue weighted by atomic mass is 15.2. The topological polar surface area (TPSA) is 55.0 Å². The molecule has 2 aromatic rings. The number of hydrogen-bond acceptors (Lipinski definition) is 4. The lowest BCUT2D eigenvalue weighted by molar-refractivity contribution is 0.787. The van der Waals surface area contributed by atoms with Crippen LogP contribution in [0.2, 0.25) is 0 Å². The third-order valence-corrected chi connectivity index (χ3v) is 2.54. The number of rotatable bonds is 4. The molecule has 4 nitrogen and oxygen atoms in total. The Morgan fingerprint density at radius 2 is 2.12 bits per heavy atom. The number of anilines is 1. The summed E-state index contributed by atoms with van der Waals surface area (Å²) in [5.41, 5.74) is 6.53. The predicted octanol–water partition coefficient (Wildman–Crippen LogP) is 1.41. The Balaban J connectivity index is 2.37. The molecule has 0 radical (unpaired) electrons. The fourth-order valence-corrected chi connectivity index (χ4v) is 1.67. The van der Waals surface area contributed by atoms with Crippen molar-refractivity contribution in [3.63, 3.8) is 0 Å². The zero-order valence-electron chi connectivity index (χ0n) is 9.43. The molecular formula is C12H16N4. The van der Waals surface area contributed by atoms with E-state index in [2.05, 4.69) is 21.8 Å². The molecule has 0 fully saturated rings. The van der Waals surface area contributed by atoms with Gasteiger partial charge in [0.2, 0.25) is 5.95 Å². The van der Waals surface area contributed by atoms with Crippen molar-refractivity contribution in [3.05, 3.63) is 30.5 Å². The number of benzene rings is 1. The summed E-state index contributed by atoms with van der Waals surface area (Å²) >= 11 is 0. The van der Waals surface area contributed by atoms with Gasteiger partial charge in [0.05, 0.1) is 5.52 Å². The van der Waals surface area contributed by atoms with Crippen LogP contribution in [0.25, 0.3) is 10.9 Å². The number of hydrogen-bond donors (Lipinski definition) is 1. The number of nitrogens with zero attached hydrogens (tertiary/aromatic N) is 3. The summed E-state index contributed by atoms with van der Waals surface area (Å²) in [6, 6.07) is 7.98. The maximum atomic E-state index is 5.56. The minimum atomic E-state index is 0.615. The Morgan fingerprint density at radius 1 is 1.31 bits per heavy atom. The molecular weight excluding hydrogens is 200 g/mol. The number of nitrogens with two attached hydrogens (primary N) is 1. The summed E-state index contributed by atoms with van der Waals surface area (Å²) in [4.78, 5) is 11.0. The Kier molecular flexibility index (Phi) is 3.31. The van der Waals surface area contributed by atoms with Crippen molar-refractivity contribution >= 4 is 16.9 Å². The summed E-state index contributed by atoms with van der Waals surface area (Å²) in [7, 11) is 0. The van der Waals surface area contributed by atoms with E-state index in [1.165, 1.54) is 0 Å². The predicted molar refractivity (Wildman–Crippen MR) is 66.5 cm³/mol. The fraction of sp³-hybridized carbons (Fsp3) is 0.333. The van der Waals surface area contributed by atoms with E-state index in [9.17, 15) is 0 Å². The van der Waals surface area contributed by atoms with Crippen molar-refractivity contribution in [1.29, 1.82) is 0 Å². The van der Waals surface area contributed by atoms with Crippen LogP contribution >= 0.6 is 0 Å². The second-order valence-electron chi connectivity index (χ2n) is 3.60. The molecule has 0 bridgehead atoms. The second-order valence-corrected chi connectivity index (χ2v) is 3.60. The van der Waals surface area contributed by atoms with Crippen LogP contribution in [0.4, 0.5) is 5.95 Å². The van der Waals surface area contributed by atoms with Gasteiger partial charge in [-0.15, -0.1) is 0 Å². The fourth-order valence-electron chi connectivity index (χ4n) is 1.67. The van der Waals surface area contributed by atoms with E-state index in [0.29, 0.717) is 6.54 Å². The molecule has 0 atom stereocenters. The van der Waals surface area contributed by atoms with Crippen LogP contribution in [-0.4, -0.2) is 29.6 Å². The van der Waals surface area contributed by atoms with Gasteiger partial charge < -0.3 is 10.6 Å². The van der Waals surface area contributed by atoms with Crippen LogP contribution in [0.5, 0.6) is 0 Å². The number of fused-ring (bicyclic) bond motifs is 1. The van der Waals surface area contributed by atoms with Crippen LogP contribution in [-0.2, 0) is 0 Å². The average Bonchev–Trinajstić information content (AvgIpc) is 2.35. The molecule has 0 saturated heterocycles. The average molecular weight is 216 g/mol. The Morgan fingerprint density at radius 3 is 2.88 bits per heavy atom. The number of likely N-dealkylation sites (N-methyl/N-ethyl adjacent to an activating group) is 1. The van der Waals surface area contributed by atoms with Gasteiger partial charge in [0.15, 0.2) is 0 Å². The monoisotopic (exact) mass is 216 g/mol. The van der Waals surface area contributed by atoms with Crippen molar-refractivity contribution in [3.8, 4) is 0 Å². The molecule has 2 rings (SSSR count). The van der Waals surface area contributed by atoms with Gasteiger partial charge in [0.25, 0.3) is 0 Å². The third-order valence-electron chi connectivity index (χ3n) is 2.54. The molecule has 0 aliphatic heterocycles. The minimum Gasteiger partial charge on any atom is -0.340 e. The van der Waals surface area contributed by atoms with Gasteiger partial charge in [-0.25, -0.2) is 9.97 Å². The van der Waals surface area contributed by atoms with Gasteiger partial charge in [-0.05, 0) is 13.0 Å². The van der Waals surface area contributed by atoms with Crippen LogP contribution in [0.3, 0.4) is 0 Å². The van der Waals surface area contributed by atoms with Gasteiger partial charge in [0, 0.05) is 31.2 Å². The van der Waals surface area contributed by atoms with Gasteiger partial charge in [-0.3, -0.25) is 0 Å². The molecule has 0 aliphatic carbocycles. The van der Waals surface area contributed by atoms with Crippen molar-refractivity contribution < 1.29 is 0 Å². The Hall–Kier alpha value is -1.68. The molecule has 2 N–H and O–H groups in total. The molecule has 0 amide bonds. The minimum absolute atomic E-state index is 0.615.